The van der Waals surface area contributed by atoms with E-state index in [4.69, 9.17) is 11.0 Å². The van der Waals surface area contributed by atoms with E-state index in [-0.39, 0.29) is 0 Å². The summed E-state index contributed by atoms with van der Waals surface area (Å²) in [4.78, 5) is 8.50. The number of nitrogens with zero attached hydrogens (tertiary/aromatic N) is 4. The fourth-order valence-electron chi connectivity index (χ4n) is 9.67. The molecule has 12 aromatic rings. The van der Waals surface area contributed by atoms with Gasteiger partial charge in [-0.15, -0.1) is 0 Å². The fourth-order valence-corrected chi connectivity index (χ4v) is 9.67. The van der Waals surface area contributed by atoms with Crippen LogP contribution in [0.5, 0.6) is 0 Å². The van der Waals surface area contributed by atoms with Gasteiger partial charge in [0.25, 0.3) is 0 Å². The van der Waals surface area contributed by atoms with Crippen LogP contribution in [0.2, 0.25) is 0 Å². The molecule has 12 rings (SSSR count). The molecule has 0 aliphatic heterocycles. The Morgan fingerprint density at radius 3 is 1.62 bits per heavy atom. The highest BCUT2D eigenvalue weighted by Gasteiger charge is 2.25. The number of rotatable bonds is 8. The molecule has 0 amide bonds. The minimum Gasteiger partial charge on any atom is -0.454 e. The molecule has 0 atom stereocenters. The lowest BCUT2D eigenvalue weighted by Crippen LogP contribution is -2.12. The van der Waals surface area contributed by atoms with Gasteiger partial charge in [0.1, 0.15) is 5.58 Å². The maximum absolute atomic E-state index is 10.5. The van der Waals surface area contributed by atoms with Crippen molar-refractivity contribution in [2.75, 3.05) is 9.80 Å². The summed E-state index contributed by atoms with van der Waals surface area (Å²) in [7, 11) is 0. The summed E-state index contributed by atoms with van der Waals surface area (Å²) < 4.78 is 6.75. The lowest BCUT2D eigenvalue weighted by atomic mass is 9.91. The van der Waals surface area contributed by atoms with Crippen molar-refractivity contribution in [3.05, 3.63) is 235 Å². The van der Waals surface area contributed by atoms with E-state index >= 15 is 0 Å². The Bertz CT molecular complexity index is 3860. The zero-order chi connectivity index (χ0) is 43.4. The smallest absolute Gasteiger partial charge is 0.189 e. The van der Waals surface area contributed by atoms with Crippen LogP contribution in [0.15, 0.2) is 223 Å². The topological polar surface area (TPSA) is 47.8 Å². The quantitative estimate of drug-likeness (QED) is 0.113. The van der Waals surface area contributed by atoms with Crippen LogP contribution in [0, 0.1) is 17.9 Å². The first-order chi connectivity index (χ1) is 32.1. The van der Waals surface area contributed by atoms with Gasteiger partial charge in [-0.25, -0.2) is 4.85 Å². The van der Waals surface area contributed by atoms with Crippen LogP contribution in [0.4, 0.5) is 39.8 Å². The van der Waals surface area contributed by atoms with Gasteiger partial charge >= 0.3 is 0 Å². The summed E-state index contributed by atoms with van der Waals surface area (Å²) in [5.41, 5.74) is 12.3. The first-order valence-electron chi connectivity index (χ1n) is 21.6. The molecule has 65 heavy (non-hydrogen) atoms. The lowest BCUT2D eigenvalue weighted by Gasteiger charge is -2.30. The van der Waals surface area contributed by atoms with Crippen LogP contribution in [0.1, 0.15) is 5.56 Å². The highest BCUT2D eigenvalue weighted by Crippen LogP contribution is 2.50. The van der Waals surface area contributed by atoms with Gasteiger partial charge in [0.2, 0.25) is 0 Å². The van der Waals surface area contributed by atoms with Crippen LogP contribution in [-0.4, -0.2) is 0 Å². The van der Waals surface area contributed by atoms with E-state index < -0.39 is 0 Å². The van der Waals surface area contributed by atoms with Crippen LogP contribution in [0.25, 0.3) is 81.4 Å². The molecule has 0 radical (unpaired) electrons. The minimum absolute atomic E-state index is 0.559. The standard InChI is InChI=1S/C60H36N4O/c1-62-46-34-45(41-16-7-3-8-17-41)36-49(37-46)63(47-18-9-4-10-19-47)54-30-26-42-25-29-53-55(31-27-43-24-28-52(54)58(42)59(43)53)64(48-33-39(38-61)32-44(35-48)40-14-5-2-6-15-40)56-22-13-21-51-50-20-11-12-23-57(50)65-60(51)56/h2-37H. The number of fused-ring (bicyclic) bond motifs is 3. The van der Waals surface area contributed by atoms with Crippen molar-refractivity contribution in [2.45, 2.75) is 0 Å². The molecular formula is C60H36N4O. The van der Waals surface area contributed by atoms with Gasteiger partial charge in [0.15, 0.2) is 11.3 Å². The molecule has 5 nitrogen and oxygen atoms in total. The number of hydrogen-bond donors (Lipinski definition) is 0. The molecule has 5 heteroatoms. The Morgan fingerprint density at radius 1 is 0.415 bits per heavy atom. The van der Waals surface area contributed by atoms with Crippen molar-refractivity contribution in [1.82, 2.24) is 0 Å². The third-order valence-corrected chi connectivity index (χ3v) is 12.5. The predicted molar refractivity (Wildman–Crippen MR) is 269 cm³/mol. The highest BCUT2D eigenvalue weighted by molar-refractivity contribution is 6.28. The minimum atomic E-state index is 0.559. The highest BCUT2D eigenvalue weighted by atomic mass is 16.3. The molecule has 1 aromatic heterocycles. The molecule has 0 spiro atoms. The molecule has 0 N–H and O–H groups in total. The van der Waals surface area contributed by atoms with Gasteiger partial charge in [0, 0.05) is 38.6 Å². The molecule has 1 heterocycles. The zero-order valence-corrected chi connectivity index (χ0v) is 35.0. The van der Waals surface area contributed by atoms with Crippen molar-refractivity contribution in [1.29, 1.82) is 5.26 Å². The van der Waals surface area contributed by atoms with Crippen LogP contribution in [0.3, 0.4) is 0 Å². The van der Waals surface area contributed by atoms with E-state index in [0.717, 1.165) is 111 Å². The van der Waals surface area contributed by atoms with Gasteiger partial charge in [-0.3, -0.25) is 0 Å². The van der Waals surface area contributed by atoms with Gasteiger partial charge in [0.05, 0.1) is 35.3 Å². The van der Waals surface area contributed by atoms with E-state index in [1.54, 1.807) is 0 Å². The molecule has 0 unspecified atom stereocenters. The average Bonchev–Trinajstić information content (AvgIpc) is 3.76. The molecule has 0 bridgehead atoms. The molecule has 0 fully saturated rings. The Morgan fingerprint density at radius 2 is 0.969 bits per heavy atom. The second-order valence-electron chi connectivity index (χ2n) is 16.3. The summed E-state index contributed by atoms with van der Waals surface area (Å²) in [5, 5.41) is 19.2. The third kappa shape index (κ3) is 6.30. The van der Waals surface area contributed by atoms with E-state index in [1.165, 1.54) is 0 Å². The Hall–Kier alpha value is -9.16. The van der Waals surface area contributed by atoms with Crippen molar-refractivity contribution in [3.63, 3.8) is 0 Å². The van der Waals surface area contributed by atoms with Crippen molar-refractivity contribution >= 4 is 94.1 Å². The van der Waals surface area contributed by atoms with Crippen LogP contribution < -0.4 is 9.80 Å². The second-order valence-corrected chi connectivity index (χ2v) is 16.3. The maximum atomic E-state index is 10.5. The van der Waals surface area contributed by atoms with E-state index in [0.29, 0.717) is 11.3 Å². The second kappa shape index (κ2) is 15.3. The maximum Gasteiger partial charge on any atom is 0.189 e. The largest absolute Gasteiger partial charge is 0.454 e. The third-order valence-electron chi connectivity index (χ3n) is 12.5. The van der Waals surface area contributed by atoms with E-state index in [2.05, 4.69) is 154 Å². The number of benzene rings is 11. The Kier molecular flexibility index (Phi) is 8.86. The summed E-state index contributed by atoms with van der Waals surface area (Å²) in [6, 6.07) is 77.8. The zero-order valence-electron chi connectivity index (χ0n) is 35.0. The molecule has 0 aliphatic carbocycles. The summed E-state index contributed by atoms with van der Waals surface area (Å²) in [6.07, 6.45) is 0. The van der Waals surface area contributed by atoms with Gasteiger partial charge < -0.3 is 14.2 Å². The van der Waals surface area contributed by atoms with Gasteiger partial charge in [-0.05, 0) is 117 Å². The van der Waals surface area contributed by atoms with Crippen molar-refractivity contribution in [2.24, 2.45) is 0 Å². The molecule has 0 saturated heterocycles. The number of furan rings is 1. The molecule has 302 valence electrons. The van der Waals surface area contributed by atoms with Crippen LogP contribution in [-0.2, 0) is 0 Å². The number of nitriles is 1. The van der Waals surface area contributed by atoms with Crippen molar-refractivity contribution < 1.29 is 4.42 Å². The number of hydrogen-bond acceptors (Lipinski definition) is 4. The molecule has 11 aromatic carbocycles. The predicted octanol–water partition coefficient (Wildman–Crippen LogP) is 17.2. The summed E-state index contributed by atoms with van der Waals surface area (Å²) in [5.74, 6) is 0. The lowest BCUT2D eigenvalue weighted by molar-refractivity contribution is 0.669. The first kappa shape index (κ1) is 37.6. The van der Waals surface area contributed by atoms with Crippen molar-refractivity contribution in [3.8, 4) is 28.3 Å². The normalized spacial score (nSPS) is 11.4. The summed E-state index contributed by atoms with van der Waals surface area (Å²) >= 11 is 0. The molecule has 0 aliphatic rings. The van der Waals surface area contributed by atoms with Gasteiger partial charge in [-0.2, -0.15) is 5.26 Å². The number of anilines is 6. The van der Waals surface area contributed by atoms with E-state index in [9.17, 15) is 5.26 Å². The Labute approximate surface area is 375 Å². The monoisotopic (exact) mass is 828 g/mol. The van der Waals surface area contributed by atoms with Gasteiger partial charge in [-0.1, -0.05) is 146 Å². The molecular weight excluding hydrogens is 793 g/mol. The first-order valence-corrected chi connectivity index (χ1v) is 21.6. The summed E-state index contributed by atoms with van der Waals surface area (Å²) in [6.45, 7) is 8.13. The average molecular weight is 829 g/mol. The molecule has 0 saturated carbocycles. The Balaban J connectivity index is 1.13. The SMILES string of the molecule is [C-]#[N+]c1cc(-c2ccccc2)cc(N(c2ccccc2)c2ccc3ccc4c(N(c5cc(C#N)cc(-c6ccccc6)c5)c5cccc6c5oc5ccccc56)ccc5ccc2c3c54)c1. The fraction of sp³-hybridized carbons (Fsp3) is 0. The number of para-hydroxylation sites is 3. The van der Waals surface area contributed by atoms with Crippen LogP contribution >= 0.6 is 0 Å². The van der Waals surface area contributed by atoms with E-state index in [1.807, 2.05) is 84.9 Å².